The second-order valence-electron chi connectivity index (χ2n) is 18.8. The minimum atomic E-state index is 0.184. The van der Waals surface area contributed by atoms with Crippen LogP contribution >= 0.6 is 57.0 Å². The lowest BCUT2D eigenvalue weighted by atomic mass is 9.73. The molecule has 2 nitrogen and oxygen atoms in total. The molecular formula is C60H47IN2S3. The third-order valence-corrected chi connectivity index (χ3v) is 20.4. The van der Waals surface area contributed by atoms with Crippen LogP contribution in [0.25, 0.3) is 63.6 Å². The van der Waals surface area contributed by atoms with E-state index in [0.29, 0.717) is 21.0 Å². The van der Waals surface area contributed by atoms with Crippen molar-refractivity contribution in [1.29, 1.82) is 0 Å². The molecule has 0 spiro atoms. The minimum absolute atomic E-state index is 0.184. The third kappa shape index (κ3) is 6.30. The van der Waals surface area contributed by atoms with E-state index in [1.165, 1.54) is 109 Å². The maximum absolute atomic E-state index is 2.75. The van der Waals surface area contributed by atoms with Gasteiger partial charge < -0.3 is 9.47 Å². The molecule has 5 aliphatic rings. The van der Waals surface area contributed by atoms with Gasteiger partial charge in [-0.05, 0) is 132 Å². The molecule has 66 heavy (non-hydrogen) atoms. The van der Waals surface area contributed by atoms with Crippen molar-refractivity contribution in [2.75, 3.05) is 4.90 Å². The Morgan fingerprint density at radius 3 is 2.35 bits per heavy atom. The lowest BCUT2D eigenvalue weighted by Gasteiger charge is -2.39. The van der Waals surface area contributed by atoms with E-state index in [1.54, 1.807) is 11.1 Å². The van der Waals surface area contributed by atoms with Gasteiger partial charge >= 0.3 is 0 Å². The molecule has 1 fully saturated rings. The van der Waals surface area contributed by atoms with Crippen LogP contribution < -0.4 is 4.90 Å². The standard InChI is InChI=1S/C60H47IN2S3/c61-38-34-49(58-50(35-38)44-15-6-9-23-55(44)65-58)37-26-30-41(31-27-37)62(40-28-24-36(25-29-40)42-17-10-18-45-43-14-5-8-22-54(43)64-57(42)45)53-21-11-19-46-47-32-33-52-56(60(47)66-59(46)53)48-16-4-7-20-51(48)63(52)39-12-2-1-3-13-39/h1-6,8-19,21-30,38,41,49-50,58H,7,20,31-35H2. The predicted octanol–water partition coefficient (Wildman–Crippen LogP) is 17.3. The topological polar surface area (TPSA) is 8.17 Å². The Labute approximate surface area is 412 Å². The van der Waals surface area contributed by atoms with E-state index in [4.69, 9.17) is 0 Å². The first-order valence-corrected chi connectivity index (χ1v) is 27.5. The fraction of sp³-hybridized carbons (Fsp3) is 0.200. The Hall–Kier alpha value is -5.12. The molecule has 0 saturated heterocycles. The van der Waals surface area contributed by atoms with Gasteiger partial charge in [0.15, 0.2) is 0 Å². The second-order valence-corrected chi connectivity index (χ2v) is 23.9. The number of fused-ring (bicyclic) bond motifs is 13. The fourth-order valence-corrected chi connectivity index (χ4v) is 17.8. The average Bonchev–Trinajstić information content (AvgIpc) is 4.14. The Kier molecular flexibility index (Phi) is 9.70. The van der Waals surface area contributed by atoms with Gasteiger partial charge in [-0.2, -0.15) is 0 Å². The molecule has 0 radical (unpaired) electrons. The normalized spacial score (nSPS) is 21.7. The number of alkyl halides is 1. The number of rotatable bonds is 6. The van der Waals surface area contributed by atoms with Crippen LogP contribution in [0.4, 0.5) is 11.4 Å². The number of para-hydroxylation sites is 1. The van der Waals surface area contributed by atoms with E-state index in [0.717, 1.165) is 32.1 Å². The van der Waals surface area contributed by atoms with Crippen molar-refractivity contribution in [3.05, 3.63) is 197 Å². The zero-order valence-electron chi connectivity index (χ0n) is 36.5. The molecule has 1 saturated carbocycles. The molecule has 4 aliphatic carbocycles. The summed E-state index contributed by atoms with van der Waals surface area (Å²) in [6, 6.07) is 52.9. The number of thioether (sulfide) groups is 1. The van der Waals surface area contributed by atoms with E-state index in [9.17, 15) is 0 Å². The number of nitrogens with zero attached hydrogens (tertiary/aromatic N) is 2. The highest BCUT2D eigenvalue weighted by molar-refractivity contribution is 14.1. The quantitative estimate of drug-likeness (QED) is 0.121. The zero-order chi connectivity index (χ0) is 43.5. The number of thiophene rings is 2. The van der Waals surface area contributed by atoms with Crippen LogP contribution in [0.15, 0.2) is 174 Å². The number of anilines is 2. The summed E-state index contributed by atoms with van der Waals surface area (Å²) < 4.78 is 7.42. The summed E-state index contributed by atoms with van der Waals surface area (Å²) in [5.74, 6) is 1.20. The first-order chi connectivity index (χ1) is 32.6. The van der Waals surface area contributed by atoms with Crippen molar-refractivity contribution in [2.24, 2.45) is 5.92 Å². The number of benzene rings is 6. The van der Waals surface area contributed by atoms with Crippen LogP contribution in [0.5, 0.6) is 0 Å². The first-order valence-electron chi connectivity index (χ1n) is 23.8. The number of aryl methyl sites for hydroxylation is 1. The van der Waals surface area contributed by atoms with Gasteiger partial charge in [-0.25, -0.2) is 0 Å². The molecule has 5 atom stereocenters. The van der Waals surface area contributed by atoms with E-state index < -0.39 is 0 Å². The molecule has 0 N–H and O–H groups in total. The number of hydrogen-bond acceptors (Lipinski definition) is 4. The summed E-state index contributed by atoms with van der Waals surface area (Å²) in [5, 5.41) is 4.73. The predicted molar refractivity (Wildman–Crippen MR) is 293 cm³/mol. The van der Waals surface area contributed by atoms with Gasteiger partial charge in [0.25, 0.3) is 0 Å². The van der Waals surface area contributed by atoms with Crippen molar-refractivity contribution in [3.8, 4) is 27.3 Å². The maximum atomic E-state index is 2.75. The van der Waals surface area contributed by atoms with E-state index >= 15 is 0 Å². The monoisotopic (exact) mass is 1020 g/mol. The molecule has 6 heteroatoms. The summed E-state index contributed by atoms with van der Waals surface area (Å²) in [5.41, 5.74) is 17.0. The van der Waals surface area contributed by atoms with Crippen molar-refractivity contribution in [2.45, 2.75) is 71.0 Å². The summed E-state index contributed by atoms with van der Waals surface area (Å²) in [7, 11) is 0. The van der Waals surface area contributed by atoms with Gasteiger partial charge in [-0.15, -0.1) is 34.4 Å². The van der Waals surface area contributed by atoms with Gasteiger partial charge in [0.2, 0.25) is 0 Å². The van der Waals surface area contributed by atoms with Crippen molar-refractivity contribution >= 4 is 105 Å². The van der Waals surface area contributed by atoms with Crippen molar-refractivity contribution < 1.29 is 0 Å². The molecule has 322 valence electrons. The van der Waals surface area contributed by atoms with E-state index in [1.807, 2.05) is 22.7 Å². The largest absolute Gasteiger partial charge is 0.333 e. The summed E-state index contributed by atoms with van der Waals surface area (Å²) in [6.07, 6.45) is 20.4. The Morgan fingerprint density at radius 1 is 0.652 bits per heavy atom. The number of aromatic nitrogens is 1. The van der Waals surface area contributed by atoms with Crippen LogP contribution in [0.1, 0.15) is 59.7 Å². The molecule has 6 aromatic carbocycles. The lowest BCUT2D eigenvalue weighted by molar-refractivity contribution is 0.397. The maximum Gasteiger partial charge on any atom is 0.0598 e. The van der Waals surface area contributed by atoms with Crippen molar-refractivity contribution in [1.82, 2.24) is 4.57 Å². The summed E-state index contributed by atoms with van der Waals surface area (Å²) in [4.78, 5) is 5.67. The van der Waals surface area contributed by atoms with Crippen LogP contribution in [0, 0.1) is 5.92 Å². The van der Waals surface area contributed by atoms with Gasteiger partial charge in [0.1, 0.15) is 0 Å². The molecule has 0 amide bonds. The van der Waals surface area contributed by atoms with Gasteiger partial charge in [0.05, 0.1) is 16.4 Å². The fourth-order valence-electron chi connectivity index (χ4n) is 12.4. The molecule has 1 aliphatic heterocycles. The van der Waals surface area contributed by atoms with Crippen LogP contribution in [0.2, 0.25) is 0 Å². The van der Waals surface area contributed by atoms with Crippen LogP contribution in [-0.4, -0.2) is 19.8 Å². The SMILES string of the molecule is IC1CC(C2=CCC(N(c3ccc(-c4cccc5c4sc4ccccc45)cc3)c3cccc4c5c(sc34)-c3c4c(n(-c6ccccc6)c3CC5)CCC=C4)C=C2)C2Sc3ccccc3C2C1. The molecule has 4 heterocycles. The molecular weight excluding hydrogens is 972 g/mol. The molecule has 5 unspecified atom stereocenters. The van der Waals surface area contributed by atoms with Crippen LogP contribution in [0.3, 0.4) is 0 Å². The Balaban J connectivity index is 0.883. The highest BCUT2D eigenvalue weighted by Gasteiger charge is 2.44. The molecule has 3 aromatic heterocycles. The molecule has 0 bridgehead atoms. The molecule has 9 aromatic rings. The highest BCUT2D eigenvalue weighted by atomic mass is 127. The van der Waals surface area contributed by atoms with Gasteiger partial charge in [-0.3, -0.25) is 0 Å². The van der Waals surface area contributed by atoms with E-state index in [2.05, 4.69) is 214 Å². The van der Waals surface area contributed by atoms with E-state index in [-0.39, 0.29) is 6.04 Å². The van der Waals surface area contributed by atoms with Gasteiger partial charge in [-0.1, -0.05) is 150 Å². The summed E-state index contributed by atoms with van der Waals surface area (Å²) >= 11 is 8.86. The second kappa shape index (κ2) is 16.0. The van der Waals surface area contributed by atoms with Gasteiger partial charge in [0, 0.05) is 73.0 Å². The molecule has 14 rings (SSSR count). The highest BCUT2D eigenvalue weighted by Crippen LogP contribution is 2.57. The lowest BCUT2D eigenvalue weighted by Crippen LogP contribution is -2.34. The number of allylic oxidation sites excluding steroid dienone is 3. The minimum Gasteiger partial charge on any atom is -0.333 e. The third-order valence-electron chi connectivity index (χ3n) is 15.3. The average molecular weight is 1020 g/mol. The van der Waals surface area contributed by atoms with Crippen molar-refractivity contribution in [3.63, 3.8) is 0 Å². The number of halogens is 1. The number of hydrogen-bond donors (Lipinski definition) is 0. The smallest absolute Gasteiger partial charge is 0.0598 e. The Morgan fingerprint density at radius 2 is 1.45 bits per heavy atom. The summed E-state index contributed by atoms with van der Waals surface area (Å²) in [6.45, 7) is 0. The van der Waals surface area contributed by atoms with Crippen LogP contribution in [-0.2, 0) is 19.3 Å². The first kappa shape index (κ1) is 40.0. The Bertz CT molecular complexity index is 3490. The zero-order valence-corrected chi connectivity index (χ0v) is 41.1.